The third-order valence-electron chi connectivity index (χ3n) is 3.60. The summed E-state index contributed by atoms with van der Waals surface area (Å²) in [4.78, 5) is 17.3. The second-order valence-electron chi connectivity index (χ2n) is 5.36. The number of rotatable bonds is 4. The van der Waals surface area contributed by atoms with Gasteiger partial charge in [-0.3, -0.25) is 4.79 Å². The average Bonchev–Trinajstić information content (AvgIpc) is 2.58. The van der Waals surface area contributed by atoms with Crippen molar-refractivity contribution in [1.29, 1.82) is 0 Å². The van der Waals surface area contributed by atoms with Crippen molar-refractivity contribution in [3.63, 3.8) is 0 Å². The average molecular weight is 342 g/mol. The molecule has 0 saturated carbocycles. The van der Waals surface area contributed by atoms with Crippen LogP contribution in [-0.2, 0) is 6.42 Å². The molecule has 5 nitrogen and oxygen atoms in total. The molecule has 1 aromatic heterocycles. The van der Waals surface area contributed by atoms with Crippen molar-refractivity contribution in [2.45, 2.75) is 19.8 Å². The van der Waals surface area contributed by atoms with Crippen LogP contribution in [0.25, 0.3) is 10.9 Å². The Balaban J connectivity index is 2.15. The molecule has 0 aliphatic rings. The summed E-state index contributed by atoms with van der Waals surface area (Å²) in [7, 11) is 0. The van der Waals surface area contributed by atoms with E-state index in [1.165, 1.54) is 17.0 Å². The zero-order valence-corrected chi connectivity index (χ0v) is 13.9. The van der Waals surface area contributed by atoms with E-state index < -0.39 is 0 Å². The summed E-state index contributed by atoms with van der Waals surface area (Å²) in [6.07, 6.45) is 2.87. The largest absolute Gasteiger partial charge is 0.507 e. The lowest BCUT2D eigenvalue weighted by Crippen LogP contribution is -2.22. The summed E-state index contributed by atoms with van der Waals surface area (Å²) < 4.78 is 1.28. The molecule has 1 heterocycles. The molecule has 1 N–H and O–H groups in total. The Hall–Kier alpha value is -2.66. The Kier molecular flexibility index (Phi) is 4.62. The number of fused-ring (bicyclic) bond motifs is 1. The Morgan fingerprint density at radius 2 is 2.08 bits per heavy atom. The van der Waals surface area contributed by atoms with Crippen LogP contribution in [0.1, 0.15) is 24.7 Å². The van der Waals surface area contributed by atoms with Gasteiger partial charge >= 0.3 is 0 Å². The van der Waals surface area contributed by atoms with E-state index in [0.29, 0.717) is 33.7 Å². The van der Waals surface area contributed by atoms with E-state index in [1.807, 2.05) is 19.1 Å². The Bertz CT molecular complexity index is 980. The first-order valence-electron chi connectivity index (χ1n) is 7.63. The summed E-state index contributed by atoms with van der Waals surface area (Å²) in [5, 5.41) is 15.1. The highest BCUT2D eigenvalue weighted by atomic mass is 35.5. The van der Waals surface area contributed by atoms with Crippen molar-refractivity contribution in [2.75, 3.05) is 0 Å². The molecule has 0 saturated heterocycles. The van der Waals surface area contributed by atoms with Crippen LogP contribution in [0, 0.1) is 0 Å². The quantitative estimate of drug-likeness (QED) is 0.737. The molecule has 122 valence electrons. The van der Waals surface area contributed by atoms with Gasteiger partial charge in [-0.05, 0) is 36.8 Å². The fourth-order valence-corrected chi connectivity index (χ4v) is 2.60. The van der Waals surface area contributed by atoms with Gasteiger partial charge in [0.25, 0.3) is 5.56 Å². The van der Waals surface area contributed by atoms with Gasteiger partial charge in [0, 0.05) is 17.0 Å². The number of aromatic nitrogens is 2. The molecule has 0 aliphatic heterocycles. The molecule has 3 aromatic rings. The number of nitrogens with zero attached hydrogens (tertiary/aromatic N) is 3. The van der Waals surface area contributed by atoms with Gasteiger partial charge < -0.3 is 5.11 Å². The maximum absolute atomic E-state index is 12.7. The van der Waals surface area contributed by atoms with Gasteiger partial charge in [0.1, 0.15) is 11.6 Å². The molecule has 0 spiro atoms. The van der Waals surface area contributed by atoms with Gasteiger partial charge in [0.15, 0.2) is 0 Å². The number of phenols is 1. The van der Waals surface area contributed by atoms with Crippen molar-refractivity contribution in [1.82, 2.24) is 9.66 Å². The number of halogens is 1. The molecule has 24 heavy (non-hydrogen) atoms. The lowest BCUT2D eigenvalue weighted by Gasteiger charge is -2.08. The van der Waals surface area contributed by atoms with Gasteiger partial charge in [-0.25, -0.2) is 4.98 Å². The Labute approximate surface area is 143 Å². The van der Waals surface area contributed by atoms with Crippen LogP contribution in [0.2, 0.25) is 5.02 Å². The lowest BCUT2D eigenvalue weighted by molar-refractivity contribution is 0.474. The molecule has 0 unspecified atom stereocenters. The first kappa shape index (κ1) is 16.2. The van der Waals surface area contributed by atoms with E-state index in [2.05, 4.69) is 10.1 Å². The zero-order valence-electron chi connectivity index (χ0n) is 13.1. The second kappa shape index (κ2) is 6.84. The molecular weight excluding hydrogens is 326 g/mol. The molecule has 0 amide bonds. The highest BCUT2D eigenvalue weighted by Gasteiger charge is 2.09. The fraction of sp³-hybridized carbons (Fsp3) is 0.167. The number of phenolic OH excluding ortho intramolecular Hbond substituents is 1. The number of hydrogen-bond donors (Lipinski definition) is 1. The summed E-state index contributed by atoms with van der Waals surface area (Å²) in [5.41, 5.74) is 0.856. The Morgan fingerprint density at radius 1 is 1.29 bits per heavy atom. The fourth-order valence-electron chi connectivity index (χ4n) is 2.42. The molecule has 3 rings (SSSR count). The summed E-state index contributed by atoms with van der Waals surface area (Å²) in [6.45, 7) is 2.01. The number of hydrogen-bond acceptors (Lipinski definition) is 4. The van der Waals surface area contributed by atoms with Crippen LogP contribution >= 0.6 is 11.6 Å². The van der Waals surface area contributed by atoms with Crippen molar-refractivity contribution >= 4 is 28.7 Å². The van der Waals surface area contributed by atoms with Gasteiger partial charge in [0.2, 0.25) is 0 Å². The molecule has 0 aliphatic carbocycles. The number of para-hydroxylation sites is 1. The predicted octanol–water partition coefficient (Wildman–Crippen LogP) is 3.59. The number of aryl methyl sites for hydroxylation is 1. The van der Waals surface area contributed by atoms with Crippen LogP contribution < -0.4 is 5.56 Å². The predicted molar refractivity (Wildman–Crippen MR) is 96.1 cm³/mol. The summed E-state index contributed by atoms with van der Waals surface area (Å²) in [5.74, 6) is 0.626. The van der Waals surface area contributed by atoms with E-state index in [-0.39, 0.29) is 11.3 Å². The van der Waals surface area contributed by atoms with Gasteiger partial charge in [-0.2, -0.15) is 9.78 Å². The minimum atomic E-state index is -0.234. The van der Waals surface area contributed by atoms with Crippen molar-refractivity contribution in [3.05, 3.63) is 69.2 Å². The van der Waals surface area contributed by atoms with Crippen LogP contribution in [0.15, 0.2) is 52.4 Å². The van der Waals surface area contributed by atoms with E-state index in [0.717, 1.165) is 6.42 Å². The first-order valence-corrected chi connectivity index (χ1v) is 8.01. The minimum Gasteiger partial charge on any atom is -0.507 e. The van der Waals surface area contributed by atoms with Gasteiger partial charge in [-0.1, -0.05) is 30.7 Å². The summed E-state index contributed by atoms with van der Waals surface area (Å²) in [6, 6.07) is 11.8. The van der Waals surface area contributed by atoms with Crippen molar-refractivity contribution in [2.24, 2.45) is 5.10 Å². The topological polar surface area (TPSA) is 67.5 Å². The van der Waals surface area contributed by atoms with Gasteiger partial charge in [0.05, 0.1) is 17.1 Å². The number of aromatic hydroxyl groups is 1. The molecule has 2 aromatic carbocycles. The summed E-state index contributed by atoms with van der Waals surface area (Å²) >= 11 is 5.94. The van der Waals surface area contributed by atoms with Crippen molar-refractivity contribution in [3.8, 4) is 5.75 Å². The van der Waals surface area contributed by atoms with Crippen LogP contribution in [-0.4, -0.2) is 21.0 Å². The third-order valence-corrected chi connectivity index (χ3v) is 3.83. The van der Waals surface area contributed by atoms with Crippen LogP contribution in [0.3, 0.4) is 0 Å². The van der Waals surface area contributed by atoms with E-state index in [4.69, 9.17) is 11.6 Å². The monoisotopic (exact) mass is 341 g/mol. The third kappa shape index (κ3) is 3.16. The molecule has 6 heteroatoms. The molecule has 0 bridgehead atoms. The highest BCUT2D eigenvalue weighted by molar-refractivity contribution is 6.30. The molecule has 0 fully saturated rings. The van der Waals surface area contributed by atoms with Crippen molar-refractivity contribution < 1.29 is 5.11 Å². The maximum atomic E-state index is 12.7. The molecule has 0 atom stereocenters. The first-order chi connectivity index (χ1) is 11.6. The SMILES string of the molecule is CCCc1nc2ccccc2c(=O)n1N=Cc1cc(Cl)ccc1O. The van der Waals surface area contributed by atoms with E-state index >= 15 is 0 Å². The Morgan fingerprint density at radius 3 is 2.88 bits per heavy atom. The maximum Gasteiger partial charge on any atom is 0.282 e. The molecular formula is C18H16ClN3O2. The second-order valence-corrected chi connectivity index (χ2v) is 5.80. The lowest BCUT2D eigenvalue weighted by atomic mass is 10.2. The van der Waals surface area contributed by atoms with Crippen LogP contribution in [0.4, 0.5) is 0 Å². The van der Waals surface area contributed by atoms with E-state index in [9.17, 15) is 9.90 Å². The normalized spacial score (nSPS) is 11.4. The minimum absolute atomic E-state index is 0.0435. The zero-order chi connectivity index (χ0) is 17.1. The van der Waals surface area contributed by atoms with E-state index in [1.54, 1.807) is 24.3 Å². The smallest absolute Gasteiger partial charge is 0.282 e. The number of benzene rings is 2. The molecule has 0 radical (unpaired) electrons. The highest BCUT2D eigenvalue weighted by Crippen LogP contribution is 2.19. The van der Waals surface area contributed by atoms with Crippen LogP contribution in [0.5, 0.6) is 5.75 Å². The van der Waals surface area contributed by atoms with Gasteiger partial charge in [-0.15, -0.1) is 0 Å². The standard InChI is InChI=1S/C18H16ClN3O2/c1-2-5-17-21-15-7-4-3-6-14(15)18(24)22(17)20-11-12-10-13(19)8-9-16(12)23/h3-4,6-11,23H,2,5H2,1H3.